The van der Waals surface area contributed by atoms with E-state index in [0.717, 1.165) is 24.8 Å². The number of alkyl carbamates (subject to hydrolysis) is 1. The summed E-state index contributed by atoms with van der Waals surface area (Å²) in [6, 6.07) is 4.13. The fourth-order valence-corrected chi connectivity index (χ4v) is 6.24. The number of carbonyl (C=O) groups is 7. The molecule has 0 aromatic heterocycles. The highest BCUT2D eigenvalue weighted by molar-refractivity contribution is 6.04. The van der Waals surface area contributed by atoms with E-state index in [1.807, 2.05) is 20.8 Å². The number of urea groups is 1. The number of hydrogen-bond donors (Lipinski definition) is 6. The number of nitrogens with zero attached hydrogens (tertiary/aromatic N) is 1. The number of carbonyl (C=O) groups excluding carboxylic acids is 7. The lowest BCUT2D eigenvalue weighted by Crippen LogP contribution is -2.54. The fraction of sp³-hybridized carbons (Fsp3) is 0.683. The summed E-state index contributed by atoms with van der Waals surface area (Å²) in [5.41, 5.74) is 6.31. The fourth-order valence-electron chi connectivity index (χ4n) is 6.24. The molecule has 1 aliphatic heterocycles. The molecular weight excluding hydrogens is 718 g/mol. The van der Waals surface area contributed by atoms with Gasteiger partial charge in [-0.2, -0.15) is 0 Å². The van der Waals surface area contributed by atoms with E-state index in [1.54, 1.807) is 38.1 Å². The van der Waals surface area contributed by atoms with Crippen molar-refractivity contribution in [1.29, 1.82) is 0 Å². The van der Waals surface area contributed by atoms with Gasteiger partial charge in [-0.25, -0.2) is 9.59 Å². The number of benzene rings is 1. The van der Waals surface area contributed by atoms with Gasteiger partial charge < -0.3 is 37.1 Å². The molecule has 15 nitrogen and oxygen atoms in total. The Balaban J connectivity index is 1.90. The minimum Gasteiger partial charge on any atom is -0.445 e. The molecule has 56 heavy (non-hydrogen) atoms. The number of amides is 8. The number of rotatable bonds is 22. The molecule has 2 rings (SSSR count). The van der Waals surface area contributed by atoms with Crippen molar-refractivity contribution in [1.82, 2.24) is 26.2 Å². The molecule has 0 aliphatic carbocycles. The molecule has 1 aromatic rings. The van der Waals surface area contributed by atoms with Gasteiger partial charge in [0.1, 0.15) is 18.7 Å². The molecule has 314 valence electrons. The van der Waals surface area contributed by atoms with Crippen LogP contribution in [0, 0.1) is 22.7 Å². The summed E-state index contributed by atoms with van der Waals surface area (Å²) in [5.74, 6) is -2.28. The Hall–Kier alpha value is -4.69. The molecule has 0 saturated carbocycles. The molecule has 3 atom stereocenters. The first-order valence-electron chi connectivity index (χ1n) is 20.0. The second-order valence-electron chi connectivity index (χ2n) is 17.3. The van der Waals surface area contributed by atoms with Crippen molar-refractivity contribution in [3.63, 3.8) is 0 Å². The number of anilines is 1. The van der Waals surface area contributed by atoms with Crippen molar-refractivity contribution in [2.75, 3.05) is 25.0 Å². The zero-order valence-corrected chi connectivity index (χ0v) is 34.8. The average molecular weight is 786 g/mol. The largest absolute Gasteiger partial charge is 0.445 e. The first-order chi connectivity index (χ1) is 26.2. The van der Waals surface area contributed by atoms with Crippen LogP contribution in [0.4, 0.5) is 15.3 Å². The van der Waals surface area contributed by atoms with E-state index < -0.39 is 36.0 Å². The van der Waals surface area contributed by atoms with E-state index in [2.05, 4.69) is 47.4 Å². The molecular formula is C41H67N7O8. The number of imide groups is 1. The second-order valence-corrected chi connectivity index (χ2v) is 17.3. The van der Waals surface area contributed by atoms with Crippen LogP contribution in [0.1, 0.15) is 125 Å². The topological polar surface area (TPSA) is 218 Å². The second kappa shape index (κ2) is 22.8. The van der Waals surface area contributed by atoms with Gasteiger partial charge in [0.05, 0.1) is 5.92 Å². The zero-order chi connectivity index (χ0) is 42.1. The van der Waals surface area contributed by atoms with Crippen LogP contribution in [0.25, 0.3) is 0 Å². The SMILES string of the molecule is CC(C)[C@H](NC(=O)CCCCCN1C(=O)CC(C(C)(C)C)C1=O)C(=O)N[C@@H](CCCNC(N)=O)C(=O)Nc1ccc(COC(=O)NCCCCC(C)(C)C)cc1. The van der Waals surface area contributed by atoms with Crippen LogP contribution in [0.5, 0.6) is 0 Å². The van der Waals surface area contributed by atoms with Crippen LogP contribution >= 0.6 is 0 Å². The number of nitrogens with two attached hydrogens (primary N) is 1. The molecule has 1 fully saturated rings. The third kappa shape index (κ3) is 17.8. The number of hydrogen-bond acceptors (Lipinski definition) is 8. The number of ether oxygens (including phenoxy) is 1. The Morgan fingerprint density at radius 2 is 1.50 bits per heavy atom. The maximum absolute atomic E-state index is 13.5. The predicted octanol–water partition coefficient (Wildman–Crippen LogP) is 5.12. The predicted molar refractivity (Wildman–Crippen MR) is 215 cm³/mol. The molecule has 7 N–H and O–H groups in total. The molecule has 15 heteroatoms. The van der Waals surface area contributed by atoms with Crippen molar-refractivity contribution >= 4 is 47.3 Å². The summed E-state index contributed by atoms with van der Waals surface area (Å²) in [4.78, 5) is 89.7. The molecule has 1 heterocycles. The van der Waals surface area contributed by atoms with Crippen LogP contribution in [0.15, 0.2) is 24.3 Å². The molecule has 0 radical (unpaired) electrons. The van der Waals surface area contributed by atoms with Gasteiger partial charge in [0, 0.05) is 38.2 Å². The molecule has 0 bridgehead atoms. The Morgan fingerprint density at radius 1 is 0.839 bits per heavy atom. The van der Waals surface area contributed by atoms with Crippen LogP contribution in [0.3, 0.4) is 0 Å². The van der Waals surface area contributed by atoms with Crippen LogP contribution < -0.4 is 32.3 Å². The summed E-state index contributed by atoms with van der Waals surface area (Å²) >= 11 is 0. The summed E-state index contributed by atoms with van der Waals surface area (Å²) in [5, 5.41) is 13.6. The molecule has 1 aromatic carbocycles. The zero-order valence-electron chi connectivity index (χ0n) is 34.8. The number of unbranched alkanes of at least 4 members (excludes halogenated alkanes) is 3. The lowest BCUT2D eigenvalue weighted by atomic mass is 9.80. The van der Waals surface area contributed by atoms with Crippen LogP contribution in [-0.2, 0) is 35.3 Å². The quantitative estimate of drug-likeness (QED) is 0.0683. The highest BCUT2D eigenvalue weighted by Gasteiger charge is 2.44. The van der Waals surface area contributed by atoms with Crippen molar-refractivity contribution < 1.29 is 38.3 Å². The van der Waals surface area contributed by atoms with E-state index in [1.165, 1.54) is 4.90 Å². The number of primary amides is 1. The van der Waals surface area contributed by atoms with Gasteiger partial charge in [-0.3, -0.25) is 28.9 Å². The molecule has 1 saturated heterocycles. The van der Waals surface area contributed by atoms with Gasteiger partial charge in [-0.05, 0) is 73.0 Å². The van der Waals surface area contributed by atoms with Gasteiger partial charge in [0.25, 0.3) is 0 Å². The van der Waals surface area contributed by atoms with Crippen molar-refractivity contribution in [3.05, 3.63) is 29.8 Å². The highest BCUT2D eigenvalue weighted by atomic mass is 16.5. The highest BCUT2D eigenvalue weighted by Crippen LogP contribution is 2.35. The van der Waals surface area contributed by atoms with E-state index in [0.29, 0.717) is 44.5 Å². The van der Waals surface area contributed by atoms with Gasteiger partial charge in [0.15, 0.2) is 0 Å². The monoisotopic (exact) mass is 786 g/mol. The molecule has 1 unspecified atom stereocenters. The number of nitrogens with one attached hydrogen (secondary N) is 5. The van der Waals surface area contributed by atoms with Gasteiger partial charge in [-0.1, -0.05) is 80.4 Å². The minimum absolute atomic E-state index is 0.0502. The van der Waals surface area contributed by atoms with E-state index >= 15 is 0 Å². The standard InChI is InChI=1S/C41H67N7O8/c1-27(2)34(47-32(49)16-10-9-13-24-48-33(50)25-30(37(48)53)41(6,7)8)36(52)46-31(15-14-23-43-38(42)54)35(51)45-29-19-17-28(18-20-29)26-56-39(55)44-22-12-11-21-40(3,4)5/h17-20,27,30-31,34H,9-16,21-26H2,1-8H3,(H,44,55)(H,45,51)(H,46,52)(H,47,49)(H3,42,43,54)/t30?,31-,34-/m0/s1. The first kappa shape index (κ1) is 47.5. The van der Waals surface area contributed by atoms with E-state index in [-0.39, 0.29) is 72.8 Å². The van der Waals surface area contributed by atoms with Gasteiger partial charge >= 0.3 is 12.1 Å². The summed E-state index contributed by atoms with van der Waals surface area (Å²) in [6.07, 6.45) is 5.02. The Morgan fingerprint density at radius 3 is 2.09 bits per heavy atom. The molecule has 0 spiro atoms. The van der Waals surface area contributed by atoms with Crippen LogP contribution in [-0.4, -0.2) is 78.3 Å². The maximum Gasteiger partial charge on any atom is 0.407 e. The normalized spacial score (nSPS) is 15.6. The summed E-state index contributed by atoms with van der Waals surface area (Å²) in [7, 11) is 0. The lowest BCUT2D eigenvalue weighted by Gasteiger charge is -2.25. The van der Waals surface area contributed by atoms with Crippen LogP contribution in [0.2, 0.25) is 0 Å². The third-order valence-electron chi connectivity index (χ3n) is 9.66. The van der Waals surface area contributed by atoms with Crippen molar-refractivity contribution in [3.8, 4) is 0 Å². The maximum atomic E-state index is 13.5. The van der Waals surface area contributed by atoms with Crippen molar-refractivity contribution in [2.45, 2.75) is 138 Å². The smallest absolute Gasteiger partial charge is 0.407 e. The van der Waals surface area contributed by atoms with Gasteiger partial charge in [-0.15, -0.1) is 0 Å². The van der Waals surface area contributed by atoms with Gasteiger partial charge in [0.2, 0.25) is 29.5 Å². The lowest BCUT2D eigenvalue weighted by molar-refractivity contribution is -0.140. The Bertz CT molecular complexity index is 1480. The summed E-state index contributed by atoms with van der Waals surface area (Å²) < 4.78 is 5.31. The molecule has 8 amide bonds. The first-order valence-corrected chi connectivity index (χ1v) is 20.0. The summed E-state index contributed by atoms with van der Waals surface area (Å²) in [6.45, 7) is 17.1. The molecule has 1 aliphatic rings. The number of likely N-dealkylation sites (tertiary alicyclic amines) is 1. The Kier molecular flexibility index (Phi) is 19.3. The van der Waals surface area contributed by atoms with E-state index in [9.17, 15) is 33.6 Å². The minimum atomic E-state index is -1.00. The average Bonchev–Trinajstić information content (AvgIpc) is 3.39. The third-order valence-corrected chi connectivity index (χ3v) is 9.66. The van der Waals surface area contributed by atoms with E-state index in [4.69, 9.17) is 10.5 Å². The van der Waals surface area contributed by atoms with Crippen molar-refractivity contribution in [2.24, 2.45) is 28.4 Å². The Labute approximate surface area is 332 Å².